The molecule has 2 heterocycles. The second kappa shape index (κ2) is 5.30. The average molecular weight is 286 g/mol. The quantitative estimate of drug-likeness (QED) is 0.821. The molecular weight excluding hydrogens is 264 g/mol. The molecule has 0 aromatic carbocycles. The molecule has 5 nitrogen and oxygen atoms in total. The fourth-order valence-corrected chi connectivity index (χ4v) is 3.99. The van der Waals surface area contributed by atoms with Crippen LogP contribution < -0.4 is 10.6 Å². The highest BCUT2D eigenvalue weighted by molar-refractivity contribution is 5.92. The number of hydrogen-bond donors (Lipinski definition) is 2. The number of hydrogen-bond acceptors (Lipinski definition) is 3. The van der Waals surface area contributed by atoms with Gasteiger partial charge in [0, 0.05) is 19.6 Å². The molecule has 3 aliphatic rings. The van der Waals surface area contributed by atoms with Crippen LogP contribution in [-0.4, -0.2) is 28.8 Å². The molecule has 112 valence electrons. The van der Waals surface area contributed by atoms with Crippen molar-refractivity contribution < 1.29 is 4.79 Å². The molecule has 5 heteroatoms. The fraction of sp³-hybridized carbons (Fsp3) is 0.625. The number of aromatic nitrogens is 2. The van der Waals surface area contributed by atoms with Gasteiger partial charge in [-0.2, -0.15) is 5.10 Å². The maximum atomic E-state index is 12.2. The smallest absolute Gasteiger partial charge is 0.271 e. The minimum absolute atomic E-state index is 0.0319. The van der Waals surface area contributed by atoms with E-state index in [1.165, 1.54) is 12.8 Å². The van der Waals surface area contributed by atoms with E-state index >= 15 is 0 Å². The Balaban J connectivity index is 1.30. The summed E-state index contributed by atoms with van der Waals surface area (Å²) in [6.07, 6.45) is 8.47. The van der Waals surface area contributed by atoms with Gasteiger partial charge in [0.25, 0.3) is 5.91 Å². The highest BCUT2D eigenvalue weighted by Crippen LogP contribution is 2.44. The number of allylic oxidation sites excluding steroid dienone is 2. The number of amides is 1. The van der Waals surface area contributed by atoms with Crippen molar-refractivity contribution in [3.8, 4) is 0 Å². The van der Waals surface area contributed by atoms with Crippen LogP contribution in [0.1, 0.15) is 35.4 Å². The Kier molecular flexibility index (Phi) is 3.30. The molecular formula is C16H22N4O. The van der Waals surface area contributed by atoms with E-state index in [1.54, 1.807) is 0 Å². The minimum atomic E-state index is -0.0319. The molecule has 1 amide bonds. The number of fused-ring (bicyclic) bond motifs is 3. The summed E-state index contributed by atoms with van der Waals surface area (Å²) in [7, 11) is 0. The monoisotopic (exact) mass is 286 g/mol. The normalized spacial score (nSPS) is 29.6. The van der Waals surface area contributed by atoms with E-state index in [-0.39, 0.29) is 5.91 Å². The lowest BCUT2D eigenvalue weighted by Gasteiger charge is -2.17. The highest BCUT2D eigenvalue weighted by atomic mass is 16.1. The number of rotatable bonds is 4. The Morgan fingerprint density at radius 2 is 2.38 bits per heavy atom. The molecule has 1 fully saturated rings. The molecule has 0 saturated heterocycles. The second-order valence-corrected chi connectivity index (χ2v) is 6.51. The molecule has 0 radical (unpaired) electrons. The molecule has 1 aromatic rings. The molecule has 2 bridgehead atoms. The first-order chi connectivity index (χ1) is 10.3. The lowest BCUT2D eigenvalue weighted by atomic mass is 9.91. The van der Waals surface area contributed by atoms with Gasteiger partial charge in [-0.05, 0) is 43.1 Å². The third-order valence-electron chi connectivity index (χ3n) is 5.12. The number of nitrogens with one attached hydrogen (secondary N) is 2. The summed E-state index contributed by atoms with van der Waals surface area (Å²) in [4.78, 5) is 12.2. The Morgan fingerprint density at radius 1 is 1.43 bits per heavy atom. The molecule has 1 aromatic heterocycles. The summed E-state index contributed by atoms with van der Waals surface area (Å²) in [6.45, 7) is 3.34. The van der Waals surface area contributed by atoms with Crippen LogP contribution in [0, 0.1) is 17.8 Å². The zero-order valence-corrected chi connectivity index (χ0v) is 12.2. The summed E-state index contributed by atoms with van der Waals surface area (Å²) in [5, 5.41) is 10.7. The van der Waals surface area contributed by atoms with Crippen molar-refractivity contribution >= 4 is 5.91 Å². The Morgan fingerprint density at radius 3 is 3.14 bits per heavy atom. The van der Waals surface area contributed by atoms with E-state index in [9.17, 15) is 4.79 Å². The van der Waals surface area contributed by atoms with Crippen LogP contribution in [0.15, 0.2) is 18.2 Å². The third-order valence-corrected chi connectivity index (χ3v) is 5.12. The molecule has 2 aliphatic carbocycles. The summed E-state index contributed by atoms with van der Waals surface area (Å²) >= 11 is 0. The molecule has 1 saturated carbocycles. The summed E-state index contributed by atoms with van der Waals surface area (Å²) in [5.74, 6) is 2.30. The standard InChI is InChI=1S/C16H22N4O/c21-16(15-9-14-10-17-5-6-20(14)19-15)18-4-3-13-8-11-1-2-12(13)7-11/h1-2,9,11-13,17H,3-8,10H2,(H,18,21)/t11-,12+,13-/m1/s1. The lowest BCUT2D eigenvalue weighted by molar-refractivity contribution is 0.0945. The molecule has 1 aliphatic heterocycles. The minimum Gasteiger partial charge on any atom is -0.351 e. The van der Waals surface area contributed by atoms with Crippen molar-refractivity contribution in [2.24, 2.45) is 17.8 Å². The van der Waals surface area contributed by atoms with Crippen molar-refractivity contribution in [3.63, 3.8) is 0 Å². The fourth-order valence-electron chi connectivity index (χ4n) is 3.99. The summed E-state index contributed by atoms with van der Waals surface area (Å²) < 4.78 is 1.94. The van der Waals surface area contributed by atoms with E-state index in [1.807, 2.05) is 10.7 Å². The van der Waals surface area contributed by atoms with Gasteiger partial charge in [0.2, 0.25) is 0 Å². The highest BCUT2D eigenvalue weighted by Gasteiger charge is 2.35. The summed E-state index contributed by atoms with van der Waals surface area (Å²) in [5.41, 5.74) is 1.66. The van der Waals surface area contributed by atoms with E-state index in [2.05, 4.69) is 27.9 Å². The second-order valence-electron chi connectivity index (χ2n) is 6.51. The maximum absolute atomic E-state index is 12.2. The van der Waals surface area contributed by atoms with Gasteiger partial charge in [-0.3, -0.25) is 9.48 Å². The summed E-state index contributed by atoms with van der Waals surface area (Å²) in [6, 6.07) is 1.90. The molecule has 4 rings (SSSR count). The van der Waals surface area contributed by atoms with Gasteiger partial charge in [0.05, 0.1) is 12.2 Å². The topological polar surface area (TPSA) is 59.0 Å². The molecule has 3 atom stereocenters. The molecule has 0 spiro atoms. The van der Waals surface area contributed by atoms with Gasteiger partial charge in [-0.15, -0.1) is 0 Å². The Bertz CT molecular complexity index is 553. The predicted octanol–water partition coefficient (Wildman–Crippen LogP) is 1.32. The first kappa shape index (κ1) is 13.1. The zero-order valence-electron chi connectivity index (χ0n) is 12.2. The van der Waals surface area contributed by atoms with Gasteiger partial charge in [-0.1, -0.05) is 12.2 Å². The first-order valence-corrected chi connectivity index (χ1v) is 8.03. The maximum Gasteiger partial charge on any atom is 0.271 e. The van der Waals surface area contributed by atoms with E-state index in [4.69, 9.17) is 0 Å². The van der Waals surface area contributed by atoms with Gasteiger partial charge in [0.15, 0.2) is 0 Å². The third kappa shape index (κ3) is 2.50. The Hall–Kier alpha value is -1.62. The SMILES string of the molecule is O=C(NCC[C@@H]1C[C@@H]2C=C[C@H]1C2)c1cc2n(n1)CCNC2. The van der Waals surface area contributed by atoms with Crippen LogP contribution in [0.3, 0.4) is 0 Å². The van der Waals surface area contributed by atoms with Crippen LogP contribution in [0.5, 0.6) is 0 Å². The van der Waals surface area contributed by atoms with E-state index < -0.39 is 0 Å². The largest absolute Gasteiger partial charge is 0.351 e. The van der Waals surface area contributed by atoms with E-state index in [0.717, 1.165) is 56.0 Å². The predicted molar refractivity (Wildman–Crippen MR) is 79.7 cm³/mol. The van der Waals surface area contributed by atoms with E-state index in [0.29, 0.717) is 5.69 Å². The van der Waals surface area contributed by atoms with Crippen LogP contribution >= 0.6 is 0 Å². The van der Waals surface area contributed by atoms with Gasteiger partial charge < -0.3 is 10.6 Å². The molecule has 0 unspecified atom stereocenters. The number of carbonyl (C=O) groups is 1. The lowest BCUT2D eigenvalue weighted by Crippen LogP contribution is -2.28. The van der Waals surface area contributed by atoms with Crippen molar-refractivity contribution in [1.29, 1.82) is 0 Å². The van der Waals surface area contributed by atoms with Crippen molar-refractivity contribution in [1.82, 2.24) is 20.4 Å². The van der Waals surface area contributed by atoms with Gasteiger partial charge >= 0.3 is 0 Å². The van der Waals surface area contributed by atoms with Crippen molar-refractivity contribution in [2.45, 2.75) is 32.4 Å². The first-order valence-electron chi connectivity index (χ1n) is 8.03. The zero-order chi connectivity index (χ0) is 14.2. The molecule has 2 N–H and O–H groups in total. The average Bonchev–Trinajstić information content (AvgIpc) is 3.21. The van der Waals surface area contributed by atoms with Crippen LogP contribution in [-0.2, 0) is 13.1 Å². The van der Waals surface area contributed by atoms with Crippen LogP contribution in [0.2, 0.25) is 0 Å². The van der Waals surface area contributed by atoms with Gasteiger partial charge in [-0.25, -0.2) is 0 Å². The molecule has 21 heavy (non-hydrogen) atoms. The number of carbonyl (C=O) groups excluding carboxylic acids is 1. The number of nitrogens with zero attached hydrogens (tertiary/aromatic N) is 2. The van der Waals surface area contributed by atoms with Crippen LogP contribution in [0.25, 0.3) is 0 Å². The van der Waals surface area contributed by atoms with Crippen LogP contribution in [0.4, 0.5) is 0 Å². The Labute approximate surface area is 124 Å². The van der Waals surface area contributed by atoms with Gasteiger partial charge in [0.1, 0.15) is 5.69 Å². The van der Waals surface area contributed by atoms with Crippen molar-refractivity contribution in [2.75, 3.05) is 13.1 Å². The van der Waals surface area contributed by atoms with Crippen molar-refractivity contribution in [3.05, 3.63) is 29.6 Å².